The number of imidazole rings is 1. The van der Waals surface area contributed by atoms with Gasteiger partial charge in [0.25, 0.3) is 0 Å². The van der Waals surface area contributed by atoms with Gasteiger partial charge in [0, 0.05) is 24.2 Å². The van der Waals surface area contributed by atoms with E-state index < -0.39 is 5.97 Å². The van der Waals surface area contributed by atoms with Gasteiger partial charge in [-0.1, -0.05) is 11.6 Å². The van der Waals surface area contributed by atoms with E-state index in [-0.39, 0.29) is 25.7 Å². The van der Waals surface area contributed by atoms with Crippen LogP contribution < -0.4 is 5.32 Å². The number of nitrogens with zero attached hydrogens (tertiary/aromatic N) is 2. The molecule has 2 N–H and O–H groups in total. The Morgan fingerprint density at radius 1 is 1.57 bits per heavy atom. The van der Waals surface area contributed by atoms with Crippen LogP contribution in [0.25, 0.3) is 11.0 Å². The van der Waals surface area contributed by atoms with Crippen molar-refractivity contribution in [3.63, 3.8) is 0 Å². The number of carbonyl (C=O) groups is 2. The number of aromatic nitrogens is 2. The third kappa shape index (κ3) is 4.28. The molecule has 2 heterocycles. The summed E-state index contributed by atoms with van der Waals surface area (Å²) in [4.78, 5) is 26.7. The van der Waals surface area contributed by atoms with Gasteiger partial charge in [-0.25, -0.2) is 9.78 Å². The molecule has 0 aliphatic carbocycles. The molecule has 0 fully saturated rings. The van der Waals surface area contributed by atoms with Gasteiger partial charge in [0.05, 0.1) is 12.3 Å². The number of carboxylic acids is 1. The van der Waals surface area contributed by atoms with E-state index in [0.29, 0.717) is 10.8 Å². The van der Waals surface area contributed by atoms with Crippen molar-refractivity contribution in [2.24, 2.45) is 0 Å². The molecule has 2 aromatic rings. The minimum Gasteiger partial charge on any atom is -0.480 e. The third-order valence-corrected chi connectivity index (χ3v) is 3.45. The Kier molecular flexibility index (Phi) is 5.32. The van der Waals surface area contributed by atoms with Crippen LogP contribution in [-0.4, -0.2) is 46.1 Å². The number of hydrogen-bond donors (Lipinski definition) is 2. The van der Waals surface area contributed by atoms with E-state index in [9.17, 15) is 9.59 Å². The van der Waals surface area contributed by atoms with E-state index in [4.69, 9.17) is 21.4 Å². The standard InChI is InChI=1S/C12H12ClN3O4S/c13-11-8(16-4-6-21-12(16)15-11)1-2-9(17)14-3-5-20-7-10(18)19/h1-2,4,6H,3,5,7H2,(H,14,17)(H,18,19). The Hall–Kier alpha value is -1.90. The molecule has 9 heteroatoms. The van der Waals surface area contributed by atoms with Gasteiger partial charge in [0.15, 0.2) is 10.1 Å². The highest BCUT2D eigenvalue weighted by Gasteiger charge is 2.08. The number of carbonyl (C=O) groups excluding carboxylic acids is 1. The molecule has 7 nitrogen and oxygen atoms in total. The summed E-state index contributed by atoms with van der Waals surface area (Å²) >= 11 is 7.43. The molecule has 0 unspecified atom stereocenters. The summed E-state index contributed by atoms with van der Waals surface area (Å²) in [6.45, 7) is -0.0220. The van der Waals surface area contributed by atoms with Gasteiger partial charge in [-0.2, -0.15) is 0 Å². The number of rotatable bonds is 7. The van der Waals surface area contributed by atoms with Crippen molar-refractivity contribution < 1.29 is 19.4 Å². The normalized spacial score (nSPS) is 11.3. The molecule has 0 saturated heterocycles. The average molecular weight is 330 g/mol. The molecule has 0 aliphatic heterocycles. The zero-order chi connectivity index (χ0) is 15.2. The van der Waals surface area contributed by atoms with Crippen LogP contribution in [0.1, 0.15) is 5.69 Å². The number of nitrogens with one attached hydrogen (secondary N) is 1. The second-order valence-corrected chi connectivity index (χ2v) is 5.15. The van der Waals surface area contributed by atoms with Gasteiger partial charge in [0.1, 0.15) is 6.61 Å². The minimum atomic E-state index is -1.05. The first-order chi connectivity index (χ1) is 10.1. The molecular formula is C12H12ClN3O4S. The quantitative estimate of drug-likeness (QED) is 0.589. The van der Waals surface area contributed by atoms with E-state index in [1.165, 1.54) is 17.4 Å². The van der Waals surface area contributed by atoms with Crippen molar-refractivity contribution in [2.75, 3.05) is 19.8 Å². The summed E-state index contributed by atoms with van der Waals surface area (Å²) in [5.74, 6) is -1.37. The van der Waals surface area contributed by atoms with Crippen LogP contribution in [0.2, 0.25) is 5.15 Å². The molecule has 0 radical (unpaired) electrons. The Bertz CT molecular complexity index is 679. The third-order valence-electron chi connectivity index (χ3n) is 2.42. The number of fused-ring (bicyclic) bond motifs is 1. The van der Waals surface area contributed by atoms with Crippen molar-refractivity contribution >= 4 is 45.9 Å². The van der Waals surface area contributed by atoms with Crippen LogP contribution in [0, 0.1) is 0 Å². The van der Waals surface area contributed by atoms with Gasteiger partial charge in [-0.3, -0.25) is 9.20 Å². The lowest BCUT2D eigenvalue weighted by molar-refractivity contribution is -0.142. The van der Waals surface area contributed by atoms with Crippen LogP contribution in [0.4, 0.5) is 0 Å². The average Bonchev–Trinajstić information content (AvgIpc) is 2.96. The first-order valence-corrected chi connectivity index (χ1v) is 7.20. The zero-order valence-corrected chi connectivity index (χ0v) is 12.4. The van der Waals surface area contributed by atoms with Crippen LogP contribution in [0.15, 0.2) is 17.7 Å². The lowest BCUT2D eigenvalue weighted by atomic mass is 10.4. The Labute approximate surface area is 128 Å². The molecule has 0 saturated carbocycles. The Balaban J connectivity index is 1.83. The molecule has 112 valence electrons. The molecule has 0 atom stereocenters. The second kappa shape index (κ2) is 7.21. The van der Waals surface area contributed by atoms with Gasteiger partial charge in [0.2, 0.25) is 5.91 Å². The van der Waals surface area contributed by atoms with Crippen molar-refractivity contribution in [3.05, 3.63) is 28.5 Å². The number of hydrogen-bond acceptors (Lipinski definition) is 5. The summed E-state index contributed by atoms with van der Waals surface area (Å²) in [6, 6.07) is 0. The summed E-state index contributed by atoms with van der Waals surface area (Å²) in [5, 5.41) is 13.1. The number of aliphatic carboxylic acids is 1. The highest BCUT2D eigenvalue weighted by Crippen LogP contribution is 2.22. The molecular weight excluding hydrogens is 318 g/mol. The van der Waals surface area contributed by atoms with Crippen molar-refractivity contribution in [2.45, 2.75) is 0 Å². The van der Waals surface area contributed by atoms with Gasteiger partial charge < -0.3 is 15.2 Å². The molecule has 0 spiro atoms. The van der Waals surface area contributed by atoms with Crippen LogP contribution in [0.5, 0.6) is 0 Å². The van der Waals surface area contributed by atoms with E-state index in [0.717, 1.165) is 4.96 Å². The Morgan fingerprint density at radius 2 is 2.38 bits per heavy atom. The monoisotopic (exact) mass is 329 g/mol. The number of carboxylic acid groups (broad SMARTS) is 1. The van der Waals surface area contributed by atoms with Crippen LogP contribution in [0.3, 0.4) is 0 Å². The molecule has 0 bridgehead atoms. The molecule has 1 amide bonds. The fraction of sp³-hybridized carbons (Fsp3) is 0.250. The van der Waals surface area contributed by atoms with E-state index >= 15 is 0 Å². The smallest absolute Gasteiger partial charge is 0.329 e. The Morgan fingerprint density at radius 3 is 3.14 bits per heavy atom. The number of amides is 1. The van der Waals surface area contributed by atoms with Crippen LogP contribution in [-0.2, 0) is 14.3 Å². The van der Waals surface area contributed by atoms with Crippen molar-refractivity contribution in [1.82, 2.24) is 14.7 Å². The van der Waals surface area contributed by atoms with Crippen molar-refractivity contribution in [3.8, 4) is 0 Å². The largest absolute Gasteiger partial charge is 0.480 e. The van der Waals surface area contributed by atoms with Gasteiger partial charge >= 0.3 is 5.97 Å². The fourth-order valence-corrected chi connectivity index (χ4v) is 2.55. The van der Waals surface area contributed by atoms with Crippen molar-refractivity contribution in [1.29, 1.82) is 0 Å². The molecule has 2 aromatic heterocycles. The number of ether oxygens (including phenoxy) is 1. The second-order valence-electron chi connectivity index (χ2n) is 3.91. The fourth-order valence-electron chi connectivity index (χ4n) is 1.55. The maximum atomic E-state index is 11.6. The van der Waals surface area contributed by atoms with E-state index in [1.807, 2.05) is 11.6 Å². The van der Waals surface area contributed by atoms with Crippen LogP contribution >= 0.6 is 22.9 Å². The van der Waals surface area contributed by atoms with Gasteiger partial charge in [-0.15, -0.1) is 11.3 Å². The summed E-state index contributed by atoms with van der Waals surface area (Å²) in [6.07, 6.45) is 4.73. The highest BCUT2D eigenvalue weighted by molar-refractivity contribution is 7.15. The lowest BCUT2D eigenvalue weighted by Gasteiger charge is -2.02. The first-order valence-electron chi connectivity index (χ1n) is 5.94. The maximum absolute atomic E-state index is 11.6. The lowest BCUT2D eigenvalue weighted by Crippen LogP contribution is -2.26. The zero-order valence-electron chi connectivity index (χ0n) is 10.8. The number of thiazole rings is 1. The first kappa shape index (κ1) is 15.5. The molecule has 0 aromatic carbocycles. The maximum Gasteiger partial charge on any atom is 0.329 e. The summed E-state index contributed by atoms with van der Waals surface area (Å²) in [5.41, 5.74) is 0.630. The summed E-state index contributed by atoms with van der Waals surface area (Å²) < 4.78 is 6.57. The van der Waals surface area contributed by atoms with Gasteiger partial charge in [-0.05, 0) is 6.08 Å². The molecule has 21 heavy (non-hydrogen) atoms. The predicted molar refractivity (Wildman–Crippen MR) is 78.6 cm³/mol. The summed E-state index contributed by atoms with van der Waals surface area (Å²) in [7, 11) is 0. The number of halogens is 1. The van der Waals surface area contributed by atoms with E-state index in [1.54, 1.807) is 10.5 Å². The highest BCUT2D eigenvalue weighted by atomic mass is 35.5. The SMILES string of the molecule is O=C(O)COCCNC(=O)C=Cc1c(Cl)nc2sccn12. The van der Waals surface area contributed by atoms with E-state index in [2.05, 4.69) is 10.3 Å². The predicted octanol–water partition coefficient (Wildman–Crippen LogP) is 1.28. The molecule has 2 rings (SSSR count). The topological polar surface area (TPSA) is 92.9 Å². The molecule has 0 aliphatic rings. The minimum absolute atomic E-state index is 0.133.